The lowest BCUT2D eigenvalue weighted by molar-refractivity contribution is 0.0987. The largest absolute Gasteiger partial charge is 0.360 e. The number of hydrogen-bond acceptors (Lipinski definition) is 4. The van der Waals surface area contributed by atoms with Gasteiger partial charge in [0.15, 0.2) is 5.13 Å². The van der Waals surface area contributed by atoms with Gasteiger partial charge in [-0.15, -0.1) is 12.4 Å². The number of rotatable bonds is 5. The standard InChI is InChI=1S/C22H24N4OS.ClH/c1-14-11-15(2)20-19(12-14)24-22(28-20)26(10-9-25(3)4)21(27)17-13-23-18-8-6-5-7-16(17)18;/h5-8,11-13,23H,9-10H2,1-4H3;1H. The third-order valence-corrected chi connectivity index (χ3v) is 6.10. The van der Waals surface area contributed by atoms with Crippen LogP contribution in [0.1, 0.15) is 21.5 Å². The Hall–Kier alpha value is -2.41. The van der Waals surface area contributed by atoms with Crippen molar-refractivity contribution in [3.63, 3.8) is 0 Å². The number of nitrogens with zero attached hydrogens (tertiary/aromatic N) is 3. The van der Waals surface area contributed by atoms with E-state index in [1.54, 1.807) is 17.5 Å². The number of aromatic nitrogens is 2. The Balaban J connectivity index is 0.00000240. The number of nitrogens with one attached hydrogen (secondary N) is 1. The van der Waals surface area contributed by atoms with Crippen molar-refractivity contribution in [2.24, 2.45) is 0 Å². The van der Waals surface area contributed by atoms with Gasteiger partial charge in [0.1, 0.15) is 0 Å². The van der Waals surface area contributed by atoms with Crippen molar-refractivity contribution in [3.8, 4) is 0 Å². The van der Waals surface area contributed by atoms with E-state index in [0.29, 0.717) is 12.1 Å². The SMILES string of the molecule is Cc1cc(C)c2sc(N(CCN(C)C)C(=O)c3c[nH]c4ccccc34)nc2c1.Cl. The minimum atomic E-state index is -0.0206. The molecule has 0 fully saturated rings. The summed E-state index contributed by atoms with van der Waals surface area (Å²) in [6, 6.07) is 12.1. The molecule has 29 heavy (non-hydrogen) atoms. The summed E-state index contributed by atoms with van der Waals surface area (Å²) >= 11 is 1.59. The molecule has 4 aromatic rings. The molecule has 5 nitrogen and oxygen atoms in total. The minimum absolute atomic E-state index is 0. The average Bonchev–Trinajstić information content (AvgIpc) is 3.25. The molecular formula is C22H25ClN4OS. The predicted molar refractivity (Wildman–Crippen MR) is 125 cm³/mol. The van der Waals surface area contributed by atoms with E-state index in [1.807, 2.05) is 43.3 Å². The zero-order valence-electron chi connectivity index (χ0n) is 17.0. The van der Waals surface area contributed by atoms with Crippen molar-refractivity contribution < 1.29 is 4.79 Å². The maximum atomic E-state index is 13.5. The molecular weight excluding hydrogens is 404 g/mol. The quantitative estimate of drug-likeness (QED) is 0.485. The van der Waals surface area contributed by atoms with E-state index in [4.69, 9.17) is 4.98 Å². The van der Waals surface area contributed by atoms with Crippen molar-refractivity contribution in [1.82, 2.24) is 14.9 Å². The number of thiazole rings is 1. The highest BCUT2D eigenvalue weighted by Gasteiger charge is 2.24. The number of amides is 1. The van der Waals surface area contributed by atoms with E-state index >= 15 is 0 Å². The van der Waals surface area contributed by atoms with E-state index in [1.165, 1.54) is 11.1 Å². The second-order valence-electron chi connectivity index (χ2n) is 7.43. The first-order chi connectivity index (χ1) is 13.4. The number of benzene rings is 2. The number of aromatic amines is 1. The summed E-state index contributed by atoms with van der Waals surface area (Å²) in [5.41, 5.74) is 4.99. The number of anilines is 1. The molecule has 2 aromatic heterocycles. The van der Waals surface area contributed by atoms with Gasteiger partial charge < -0.3 is 9.88 Å². The number of aryl methyl sites for hydroxylation is 2. The Labute approximate surface area is 180 Å². The fourth-order valence-corrected chi connectivity index (χ4v) is 4.50. The summed E-state index contributed by atoms with van der Waals surface area (Å²) in [6.45, 7) is 5.53. The number of likely N-dealkylation sites (N-methyl/N-ethyl adjacent to an activating group) is 1. The Kier molecular flexibility index (Phi) is 6.27. The van der Waals surface area contributed by atoms with E-state index in [0.717, 1.165) is 32.8 Å². The number of carbonyl (C=O) groups is 1. The molecule has 0 radical (unpaired) electrons. The molecule has 0 saturated heterocycles. The third-order valence-electron chi connectivity index (χ3n) is 4.88. The lowest BCUT2D eigenvalue weighted by Gasteiger charge is -2.21. The first kappa shape index (κ1) is 21.3. The summed E-state index contributed by atoms with van der Waals surface area (Å²) in [6.07, 6.45) is 1.80. The zero-order valence-corrected chi connectivity index (χ0v) is 18.7. The zero-order chi connectivity index (χ0) is 19.8. The maximum absolute atomic E-state index is 13.5. The molecule has 0 aliphatic heterocycles. The van der Waals surface area contributed by atoms with E-state index < -0.39 is 0 Å². The van der Waals surface area contributed by atoms with Crippen LogP contribution in [0.2, 0.25) is 0 Å². The number of H-pyrrole nitrogens is 1. The van der Waals surface area contributed by atoms with Crippen LogP contribution >= 0.6 is 23.7 Å². The molecule has 0 aliphatic rings. The van der Waals surface area contributed by atoms with Gasteiger partial charge in [-0.05, 0) is 51.2 Å². The normalized spacial score (nSPS) is 11.2. The van der Waals surface area contributed by atoms with Crippen molar-refractivity contribution in [2.75, 3.05) is 32.1 Å². The Morgan fingerprint density at radius 1 is 1.14 bits per heavy atom. The molecule has 0 saturated carbocycles. The number of hydrogen-bond donors (Lipinski definition) is 1. The Morgan fingerprint density at radius 2 is 1.90 bits per heavy atom. The van der Waals surface area contributed by atoms with Crippen LogP contribution < -0.4 is 4.90 Å². The second kappa shape index (κ2) is 8.53. The highest BCUT2D eigenvalue weighted by Crippen LogP contribution is 2.33. The molecule has 2 aromatic carbocycles. The minimum Gasteiger partial charge on any atom is -0.360 e. The number of fused-ring (bicyclic) bond motifs is 2. The van der Waals surface area contributed by atoms with Gasteiger partial charge >= 0.3 is 0 Å². The average molecular weight is 429 g/mol. The molecule has 152 valence electrons. The fourth-order valence-electron chi connectivity index (χ4n) is 3.46. The van der Waals surface area contributed by atoms with Gasteiger partial charge in [-0.1, -0.05) is 35.6 Å². The number of para-hydroxylation sites is 1. The van der Waals surface area contributed by atoms with Crippen molar-refractivity contribution in [3.05, 3.63) is 59.3 Å². The summed E-state index contributed by atoms with van der Waals surface area (Å²) < 4.78 is 1.14. The van der Waals surface area contributed by atoms with Gasteiger partial charge in [0.25, 0.3) is 5.91 Å². The van der Waals surface area contributed by atoms with Crippen molar-refractivity contribution in [1.29, 1.82) is 0 Å². The summed E-state index contributed by atoms with van der Waals surface area (Å²) in [4.78, 5) is 25.4. The van der Waals surface area contributed by atoms with Crippen LogP contribution in [0.15, 0.2) is 42.6 Å². The van der Waals surface area contributed by atoms with E-state index in [9.17, 15) is 4.79 Å². The molecule has 0 atom stereocenters. The molecule has 0 spiro atoms. The van der Waals surface area contributed by atoms with Gasteiger partial charge in [-0.3, -0.25) is 9.69 Å². The van der Waals surface area contributed by atoms with Crippen LogP contribution in [-0.4, -0.2) is 48.0 Å². The molecule has 2 heterocycles. The van der Waals surface area contributed by atoms with Gasteiger partial charge in [0.05, 0.1) is 15.8 Å². The molecule has 0 aliphatic carbocycles. The van der Waals surface area contributed by atoms with Crippen molar-refractivity contribution in [2.45, 2.75) is 13.8 Å². The molecule has 4 rings (SSSR count). The van der Waals surface area contributed by atoms with Gasteiger partial charge in [-0.25, -0.2) is 4.98 Å². The first-order valence-electron chi connectivity index (χ1n) is 9.34. The van der Waals surface area contributed by atoms with Crippen LogP contribution in [0.4, 0.5) is 5.13 Å². The Bertz CT molecular complexity index is 1160. The third kappa shape index (κ3) is 4.15. The summed E-state index contributed by atoms with van der Waals surface area (Å²) in [5.74, 6) is -0.0206. The fraction of sp³-hybridized carbons (Fsp3) is 0.273. The topological polar surface area (TPSA) is 52.2 Å². The van der Waals surface area contributed by atoms with Gasteiger partial charge in [0.2, 0.25) is 0 Å². The summed E-state index contributed by atoms with van der Waals surface area (Å²) in [7, 11) is 4.03. The lowest BCUT2D eigenvalue weighted by atomic mass is 10.1. The monoisotopic (exact) mass is 428 g/mol. The highest BCUT2D eigenvalue weighted by atomic mass is 35.5. The van der Waals surface area contributed by atoms with Crippen LogP contribution in [0.3, 0.4) is 0 Å². The van der Waals surface area contributed by atoms with Crippen LogP contribution in [0, 0.1) is 13.8 Å². The molecule has 7 heteroatoms. The lowest BCUT2D eigenvalue weighted by Crippen LogP contribution is -2.36. The van der Waals surface area contributed by atoms with Gasteiger partial charge in [-0.2, -0.15) is 0 Å². The van der Waals surface area contributed by atoms with E-state index in [-0.39, 0.29) is 18.3 Å². The van der Waals surface area contributed by atoms with Crippen LogP contribution in [0.25, 0.3) is 21.1 Å². The van der Waals surface area contributed by atoms with Crippen LogP contribution in [-0.2, 0) is 0 Å². The predicted octanol–water partition coefficient (Wildman–Crippen LogP) is 5.02. The first-order valence-corrected chi connectivity index (χ1v) is 10.2. The smallest absolute Gasteiger partial charge is 0.262 e. The van der Waals surface area contributed by atoms with E-state index in [2.05, 4.69) is 35.9 Å². The number of halogens is 1. The maximum Gasteiger partial charge on any atom is 0.262 e. The number of carbonyl (C=O) groups excluding carboxylic acids is 1. The molecule has 1 N–H and O–H groups in total. The highest BCUT2D eigenvalue weighted by molar-refractivity contribution is 7.22. The van der Waals surface area contributed by atoms with Gasteiger partial charge in [0, 0.05) is 30.2 Å². The second-order valence-corrected chi connectivity index (χ2v) is 8.41. The summed E-state index contributed by atoms with van der Waals surface area (Å²) in [5, 5.41) is 1.69. The van der Waals surface area contributed by atoms with Crippen molar-refractivity contribution >= 4 is 55.9 Å². The molecule has 1 amide bonds. The molecule has 0 unspecified atom stereocenters. The van der Waals surface area contributed by atoms with Crippen LogP contribution in [0.5, 0.6) is 0 Å². The Morgan fingerprint density at radius 3 is 2.66 bits per heavy atom. The molecule has 0 bridgehead atoms.